The number of nitrogens with one attached hydrogen (secondary N) is 1. The van der Waals surface area contributed by atoms with Crippen LogP contribution >= 0.6 is 0 Å². The van der Waals surface area contributed by atoms with E-state index in [-0.39, 0.29) is 23.5 Å². The average molecular weight is 404 g/mol. The summed E-state index contributed by atoms with van der Waals surface area (Å²) < 4.78 is 15.4. The molecule has 168 valence electrons. The Bertz CT molecular complexity index is 390. The van der Waals surface area contributed by atoms with Gasteiger partial charge in [-0.05, 0) is 31.2 Å². The van der Waals surface area contributed by atoms with Crippen LogP contribution in [0.5, 0.6) is 0 Å². The third-order valence-corrected chi connectivity index (χ3v) is 4.68. The Morgan fingerprint density at radius 3 is 2.14 bits per heavy atom. The summed E-state index contributed by atoms with van der Waals surface area (Å²) in [6.07, 6.45) is 4.29. The van der Waals surface area contributed by atoms with Crippen molar-refractivity contribution in [2.75, 3.05) is 40.0 Å². The van der Waals surface area contributed by atoms with Gasteiger partial charge in [0.05, 0.1) is 25.4 Å². The highest BCUT2D eigenvalue weighted by atomic mass is 16.7. The number of ether oxygens (including phenoxy) is 3. The third kappa shape index (κ3) is 13.6. The molecule has 2 aliphatic heterocycles. The lowest BCUT2D eigenvalue weighted by molar-refractivity contribution is -0.123. The van der Waals surface area contributed by atoms with Crippen LogP contribution in [-0.2, 0) is 19.0 Å². The van der Waals surface area contributed by atoms with Gasteiger partial charge in [0.15, 0.2) is 6.29 Å². The highest BCUT2D eigenvalue weighted by Crippen LogP contribution is 2.21. The van der Waals surface area contributed by atoms with E-state index in [9.17, 15) is 4.79 Å². The summed E-state index contributed by atoms with van der Waals surface area (Å²) in [4.78, 5) is 11.6. The predicted molar refractivity (Wildman–Crippen MR) is 114 cm³/mol. The molecule has 1 unspecified atom stereocenters. The van der Waals surface area contributed by atoms with Crippen molar-refractivity contribution in [3.63, 3.8) is 0 Å². The molecule has 2 aliphatic rings. The number of carbonyl (C=O) groups is 1. The molecule has 2 rings (SSSR count). The Balaban J connectivity index is 0.000000414. The fourth-order valence-electron chi connectivity index (χ4n) is 2.73. The highest BCUT2D eigenvalue weighted by molar-refractivity contribution is 5.84. The van der Waals surface area contributed by atoms with Crippen LogP contribution in [0.4, 0.5) is 0 Å². The SMILES string of the molecule is CCC(C)[C@H](N)C(=O)CC(C)(C)C.CNCC1OCCO1.NC[C@H]1CCCO1. The van der Waals surface area contributed by atoms with E-state index in [1.807, 2.05) is 14.0 Å². The monoisotopic (exact) mass is 403 g/mol. The molecule has 2 saturated heterocycles. The first-order chi connectivity index (χ1) is 13.1. The zero-order valence-electron chi connectivity index (χ0n) is 19.0. The van der Waals surface area contributed by atoms with Crippen molar-refractivity contribution < 1.29 is 19.0 Å². The van der Waals surface area contributed by atoms with Crippen LogP contribution in [0.1, 0.15) is 60.3 Å². The fourth-order valence-corrected chi connectivity index (χ4v) is 2.73. The van der Waals surface area contributed by atoms with Gasteiger partial charge in [-0.25, -0.2) is 0 Å². The van der Waals surface area contributed by atoms with Crippen molar-refractivity contribution in [3.8, 4) is 0 Å². The molecule has 0 saturated carbocycles. The summed E-state index contributed by atoms with van der Waals surface area (Å²) >= 11 is 0. The zero-order valence-corrected chi connectivity index (χ0v) is 19.0. The smallest absolute Gasteiger partial charge is 0.170 e. The molecule has 7 nitrogen and oxygen atoms in total. The number of ketones is 1. The second-order valence-electron chi connectivity index (χ2n) is 8.71. The number of hydrogen-bond acceptors (Lipinski definition) is 7. The van der Waals surface area contributed by atoms with Gasteiger partial charge in [0, 0.05) is 26.1 Å². The van der Waals surface area contributed by atoms with Crippen LogP contribution in [-0.4, -0.2) is 64.2 Å². The Morgan fingerprint density at radius 2 is 1.79 bits per heavy atom. The number of nitrogens with two attached hydrogens (primary N) is 2. The van der Waals surface area contributed by atoms with Gasteiger partial charge < -0.3 is 31.0 Å². The Hall–Kier alpha value is -0.570. The molecule has 0 spiro atoms. The summed E-state index contributed by atoms with van der Waals surface area (Å²) in [7, 11) is 1.88. The van der Waals surface area contributed by atoms with Gasteiger partial charge in [-0.1, -0.05) is 41.0 Å². The molecule has 0 amide bonds. The molecule has 0 aromatic carbocycles. The topological polar surface area (TPSA) is 109 Å². The van der Waals surface area contributed by atoms with Crippen molar-refractivity contribution in [2.45, 2.75) is 78.7 Å². The zero-order chi connectivity index (χ0) is 21.6. The lowest BCUT2D eigenvalue weighted by atomic mass is 9.84. The van der Waals surface area contributed by atoms with Crippen molar-refractivity contribution in [1.82, 2.24) is 5.32 Å². The molecule has 28 heavy (non-hydrogen) atoms. The second kappa shape index (κ2) is 15.3. The summed E-state index contributed by atoms with van der Waals surface area (Å²) in [5.41, 5.74) is 11.2. The molecule has 0 aromatic rings. The van der Waals surface area contributed by atoms with E-state index in [0.717, 1.165) is 39.2 Å². The van der Waals surface area contributed by atoms with Gasteiger partial charge >= 0.3 is 0 Å². The van der Waals surface area contributed by atoms with Gasteiger partial charge in [-0.15, -0.1) is 0 Å². The van der Waals surface area contributed by atoms with Crippen molar-refractivity contribution in [3.05, 3.63) is 0 Å². The van der Waals surface area contributed by atoms with Crippen LogP contribution in [0.15, 0.2) is 0 Å². The van der Waals surface area contributed by atoms with Crippen molar-refractivity contribution in [1.29, 1.82) is 0 Å². The minimum Gasteiger partial charge on any atom is -0.377 e. The van der Waals surface area contributed by atoms with Gasteiger partial charge in [0.1, 0.15) is 5.78 Å². The van der Waals surface area contributed by atoms with Crippen LogP contribution in [0, 0.1) is 11.3 Å². The van der Waals surface area contributed by atoms with Gasteiger partial charge in [0.2, 0.25) is 0 Å². The van der Waals surface area contributed by atoms with Crippen molar-refractivity contribution >= 4 is 5.78 Å². The van der Waals surface area contributed by atoms with E-state index in [0.29, 0.717) is 25.0 Å². The number of likely N-dealkylation sites (N-methyl/N-ethyl adjacent to an activating group) is 1. The maximum Gasteiger partial charge on any atom is 0.170 e. The Morgan fingerprint density at radius 1 is 1.18 bits per heavy atom. The quantitative estimate of drug-likeness (QED) is 0.597. The molecule has 2 heterocycles. The summed E-state index contributed by atoms with van der Waals surface area (Å²) in [5.74, 6) is 0.497. The second-order valence-corrected chi connectivity index (χ2v) is 8.71. The van der Waals surface area contributed by atoms with Crippen LogP contribution in [0.2, 0.25) is 0 Å². The minimum absolute atomic E-state index is 0.000000000000000222. The molecule has 0 radical (unpaired) electrons. The maximum absolute atomic E-state index is 11.6. The summed E-state index contributed by atoms with van der Waals surface area (Å²) in [5, 5.41) is 2.96. The van der Waals surface area contributed by atoms with Crippen molar-refractivity contribution in [2.24, 2.45) is 22.8 Å². The summed E-state index contributed by atoms with van der Waals surface area (Å²) in [6.45, 7) is 14.2. The standard InChI is InChI=1S/C11H23NO.C5H11NO2.C5H11NO/c1-6-8(2)10(12)9(13)7-11(3,4)5;1-6-4-5-7-2-3-8-5;6-4-5-2-1-3-7-5/h8,10H,6-7,12H2,1-5H3;5-6H,2-4H2,1H3;5H,1-4,6H2/t8?,10-;;5-/m0.1/s1. The molecule has 3 atom stereocenters. The largest absolute Gasteiger partial charge is 0.377 e. The lowest BCUT2D eigenvalue weighted by Gasteiger charge is -2.22. The van der Waals surface area contributed by atoms with Gasteiger partial charge in [-0.2, -0.15) is 0 Å². The molecule has 5 N–H and O–H groups in total. The molecule has 0 bridgehead atoms. The molecule has 0 aromatic heterocycles. The number of Topliss-reactive ketones (excluding diaryl/α,β-unsaturated/α-hetero) is 1. The third-order valence-electron chi connectivity index (χ3n) is 4.68. The molecule has 7 heteroatoms. The van der Waals surface area contributed by atoms with Gasteiger partial charge in [0.25, 0.3) is 0 Å². The highest BCUT2D eigenvalue weighted by Gasteiger charge is 2.24. The average Bonchev–Trinajstić information content (AvgIpc) is 3.34. The summed E-state index contributed by atoms with van der Waals surface area (Å²) in [6, 6.07) is -0.274. The first-order valence-corrected chi connectivity index (χ1v) is 10.6. The van der Waals surface area contributed by atoms with E-state index in [1.54, 1.807) is 0 Å². The molecular formula is C21H45N3O4. The first-order valence-electron chi connectivity index (χ1n) is 10.6. The maximum atomic E-state index is 11.6. The molecule has 2 fully saturated rings. The number of carbonyl (C=O) groups excluding carboxylic acids is 1. The van der Waals surface area contributed by atoms with E-state index in [1.165, 1.54) is 6.42 Å². The van der Waals surface area contributed by atoms with E-state index >= 15 is 0 Å². The fraction of sp³-hybridized carbons (Fsp3) is 0.952. The van der Waals surface area contributed by atoms with Crippen LogP contribution in [0.25, 0.3) is 0 Å². The van der Waals surface area contributed by atoms with Gasteiger partial charge in [-0.3, -0.25) is 4.79 Å². The van der Waals surface area contributed by atoms with E-state index in [4.69, 9.17) is 25.7 Å². The van der Waals surface area contributed by atoms with Crippen LogP contribution in [0.3, 0.4) is 0 Å². The Kier molecular flexibility index (Phi) is 15.0. The van der Waals surface area contributed by atoms with Crippen LogP contribution < -0.4 is 16.8 Å². The molecule has 0 aliphatic carbocycles. The van der Waals surface area contributed by atoms with E-state index in [2.05, 4.69) is 33.0 Å². The normalized spacial score (nSPS) is 21.9. The van der Waals surface area contributed by atoms with E-state index < -0.39 is 0 Å². The predicted octanol–water partition coefficient (Wildman–Crippen LogP) is 2.07. The minimum atomic E-state index is -0.274. The number of hydrogen-bond donors (Lipinski definition) is 3. The Labute approximate surface area is 172 Å². The first kappa shape index (κ1) is 27.4. The lowest BCUT2D eigenvalue weighted by Crippen LogP contribution is -2.38. The number of rotatable bonds is 7. The molecular weight excluding hydrogens is 358 g/mol.